The van der Waals surface area contributed by atoms with Crippen molar-refractivity contribution in [3.8, 4) is 6.07 Å². The Morgan fingerprint density at radius 2 is 2.29 bits per heavy atom. The Labute approximate surface area is 106 Å². The first-order chi connectivity index (χ1) is 8.31. The molecule has 5 heteroatoms. The Hall–Kier alpha value is -1.31. The van der Waals surface area contributed by atoms with Gasteiger partial charge in [-0.25, -0.2) is 4.98 Å². The maximum absolute atomic E-state index is 8.86. The normalized spacial score (nSPS) is 16.5. The zero-order valence-corrected chi connectivity index (χ0v) is 10.3. The Morgan fingerprint density at radius 1 is 1.53 bits per heavy atom. The first-order valence-corrected chi connectivity index (χ1v) is 6.18. The molecule has 2 heterocycles. The largest absolute Gasteiger partial charge is 0.369 e. The van der Waals surface area contributed by atoms with Crippen LogP contribution in [0.1, 0.15) is 18.4 Å². The van der Waals surface area contributed by atoms with Crippen molar-refractivity contribution < 1.29 is 0 Å². The smallest absolute Gasteiger partial charge is 0.146 e. The Morgan fingerprint density at radius 3 is 3.00 bits per heavy atom. The van der Waals surface area contributed by atoms with Crippen molar-refractivity contribution in [1.29, 1.82) is 5.26 Å². The molecule has 0 bridgehead atoms. The molecule has 0 spiro atoms. The summed E-state index contributed by atoms with van der Waals surface area (Å²) in [6, 6.07) is 3.67. The highest BCUT2D eigenvalue weighted by Crippen LogP contribution is 2.23. The van der Waals surface area contributed by atoms with Crippen LogP contribution < -0.4 is 10.6 Å². The number of nitrogens with zero attached hydrogens (tertiary/aromatic N) is 2. The molecular formula is C12H15ClN4. The van der Waals surface area contributed by atoms with E-state index in [2.05, 4.69) is 21.7 Å². The van der Waals surface area contributed by atoms with Gasteiger partial charge in [-0.05, 0) is 37.9 Å². The number of anilines is 1. The second kappa shape index (κ2) is 5.85. The Balaban J connectivity index is 1.96. The van der Waals surface area contributed by atoms with Gasteiger partial charge < -0.3 is 10.6 Å². The first-order valence-electron chi connectivity index (χ1n) is 5.80. The number of hydrogen-bond donors (Lipinski definition) is 2. The van der Waals surface area contributed by atoms with Gasteiger partial charge in [0.05, 0.1) is 5.56 Å². The van der Waals surface area contributed by atoms with Crippen molar-refractivity contribution in [3.63, 3.8) is 0 Å². The minimum Gasteiger partial charge on any atom is -0.369 e. The SMILES string of the molecule is N#Cc1ccnc(NCC2CCNCC2)c1Cl. The van der Waals surface area contributed by atoms with Crippen molar-refractivity contribution in [2.24, 2.45) is 5.92 Å². The van der Waals surface area contributed by atoms with Gasteiger partial charge in [0.2, 0.25) is 0 Å². The maximum atomic E-state index is 8.86. The topological polar surface area (TPSA) is 60.7 Å². The predicted molar refractivity (Wildman–Crippen MR) is 68.0 cm³/mol. The van der Waals surface area contributed by atoms with Crippen LogP contribution in [0.2, 0.25) is 5.02 Å². The quantitative estimate of drug-likeness (QED) is 0.862. The summed E-state index contributed by atoms with van der Waals surface area (Å²) in [4.78, 5) is 4.16. The van der Waals surface area contributed by atoms with E-state index in [1.165, 1.54) is 12.8 Å². The minimum atomic E-state index is 0.420. The average Bonchev–Trinajstić information content (AvgIpc) is 2.39. The standard InChI is InChI=1S/C12H15ClN4/c13-11-10(7-14)3-6-16-12(11)17-8-9-1-4-15-5-2-9/h3,6,9,15H,1-2,4-5,8H2,(H,16,17). The number of nitrogens with one attached hydrogen (secondary N) is 2. The van der Waals surface area contributed by atoms with Gasteiger partial charge >= 0.3 is 0 Å². The van der Waals surface area contributed by atoms with E-state index in [0.717, 1.165) is 19.6 Å². The monoisotopic (exact) mass is 250 g/mol. The molecule has 1 aliphatic heterocycles. The first kappa shape index (κ1) is 12.2. The van der Waals surface area contributed by atoms with Crippen LogP contribution in [0, 0.1) is 17.2 Å². The van der Waals surface area contributed by atoms with Gasteiger partial charge in [-0.15, -0.1) is 0 Å². The molecule has 2 N–H and O–H groups in total. The van der Waals surface area contributed by atoms with Crippen LogP contribution in [0.3, 0.4) is 0 Å². The molecule has 0 atom stereocenters. The third-order valence-corrected chi connectivity index (χ3v) is 3.41. The van der Waals surface area contributed by atoms with Crippen LogP contribution in [-0.4, -0.2) is 24.6 Å². The molecule has 0 aliphatic carbocycles. The molecule has 4 nitrogen and oxygen atoms in total. The molecule has 1 aromatic heterocycles. The number of halogens is 1. The minimum absolute atomic E-state index is 0.420. The molecular weight excluding hydrogens is 236 g/mol. The molecule has 17 heavy (non-hydrogen) atoms. The molecule has 1 aliphatic rings. The number of nitriles is 1. The van der Waals surface area contributed by atoms with Crippen molar-refractivity contribution in [2.45, 2.75) is 12.8 Å². The third kappa shape index (κ3) is 3.09. The molecule has 0 amide bonds. The van der Waals surface area contributed by atoms with E-state index in [1.54, 1.807) is 12.3 Å². The second-order valence-electron chi connectivity index (χ2n) is 4.21. The summed E-state index contributed by atoms with van der Waals surface area (Å²) in [5, 5.41) is 15.8. The molecule has 1 aromatic rings. The highest BCUT2D eigenvalue weighted by atomic mass is 35.5. The van der Waals surface area contributed by atoms with Gasteiger partial charge in [-0.2, -0.15) is 5.26 Å². The fourth-order valence-electron chi connectivity index (χ4n) is 1.98. The lowest BCUT2D eigenvalue weighted by molar-refractivity contribution is 0.389. The Kier molecular flexibility index (Phi) is 4.18. The molecule has 0 saturated carbocycles. The summed E-state index contributed by atoms with van der Waals surface area (Å²) in [6.45, 7) is 3.01. The summed E-state index contributed by atoms with van der Waals surface area (Å²) >= 11 is 6.07. The van der Waals surface area contributed by atoms with E-state index in [1.807, 2.05) is 0 Å². The van der Waals surface area contributed by atoms with Crippen LogP contribution in [0.15, 0.2) is 12.3 Å². The zero-order chi connectivity index (χ0) is 12.1. The molecule has 90 valence electrons. The van der Waals surface area contributed by atoms with E-state index < -0.39 is 0 Å². The third-order valence-electron chi connectivity index (χ3n) is 3.03. The molecule has 2 rings (SSSR count). The summed E-state index contributed by atoms with van der Waals surface area (Å²) in [5.74, 6) is 1.27. The van der Waals surface area contributed by atoms with Crippen molar-refractivity contribution in [3.05, 3.63) is 22.8 Å². The number of hydrogen-bond acceptors (Lipinski definition) is 4. The van der Waals surface area contributed by atoms with Crippen molar-refractivity contribution in [2.75, 3.05) is 25.0 Å². The number of rotatable bonds is 3. The number of pyridine rings is 1. The fourth-order valence-corrected chi connectivity index (χ4v) is 2.20. The van der Waals surface area contributed by atoms with Gasteiger partial charge in [-0.3, -0.25) is 0 Å². The van der Waals surface area contributed by atoms with E-state index in [0.29, 0.717) is 22.3 Å². The lowest BCUT2D eigenvalue weighted by atomic mass is 9.98. The second-order valence-corrected chi connectivity index (χ2v) is 4.59. The van der Waals surface area contributed by atoms with Crippen LogP contribution in [0.25, 0.3) is 0 Å². The zero-order valence-electron chi connectivity index (χ0n) is 9.54. The molecule has 0 radical (unpaired) electrons. The molecule has 0 unspecified atom stereocenters. The lowest BCUT2D eigenvalue weighted by Gasteiger charge is -2.23. The van der Waals surface area contributed by atoms with Gasteiger partial charge in [0.25, 0.3) is 0 Å². The highest BCUT2D eigenvalue weighted by molar-refractivity contribution is 6.34. The van der Waals surface area contributed by atoms with Crippen molar-refractivity contribution >= 4 is 17.4 Å². The van der Waals surface area contributed by atoms with E-state index >= 15 is 0 Å². The van der Waals surface area contributed by atoms with E-state index in [9.17, 15) is 0 Å². The van der Waals surface area contributed by atoms with Crippen molar-refractivity contribution in [1.82, 2.24) is 10.3 Å². The predicted octanol–water partition coefficient (Wildman–Crippen LogP) is 2.02. The highest BCUT2D eigenvalue weighted by Gasteiger charge is 2.14. The van der Waals surface area contributed by atoms with E-state index in [-0.39, 0.29) is 0 Å². The van der Waals surface area contributed by atoms with E-state index in [4.69, 9.17) is 16.9 Å². The fraction of sp³-hybridized carbons (Fsp3) is 0.500. The van der Waals surface area contributed by atoms with Crippen LogP contribution in [-0.2, 0) is 0 Å². The average molecular weight is 251 g/mol. The maximum Gasteiger partial charge on any atom is 0.146 e. The molecule has 0 aromatic carbocycles. The number of aromatic nitrogens is 1. The summed E-state index contributed by atoms with van der Waals surface area (Å²) in [7, 11) is 0. The lowest BCUT2D eigenvalue weighted by Crippen LogP contribution is -2.31. The summed E-state index contributed by atoms with van der Waals surface area (Å²) in [5.41, 5.74) is 0.467. The Bertz CT molecular complexity index is 421. The molecule has 1 fully saturated rings. The van der Waals surface area contributed by atoms with Gasteiger partial charge in [-0.1, -0.05) is 11.6 Å². The van der Waals surface area contributed by atoms with Crippen LogP contribution >= 0.6 is 11.6 Å². The van der Waals surface area contributed by atoms with Crippen LogP contribution in [0.4, 0.5) is 5.82 Å². The van der Waals surface area contributed by atoms with Crippen LogP contribution in [0.5, 0.6) is 0 Å². The molecule has 1 saturated heterocycles. The summed E-state index contributed by atoms with van der Waals surface area (Å²) < 4.78 is 0. The van der Waals surface area contributed by atoms with Gasteiger partial charge in [0.15, 0.2) is 0 Å². The number of piperidine rings is 1. The summed E-state index contributed by atoms with van der Waals surface area (Å²) in [6.07, 6.45) is 3.94. The van der Waals surface area contributed by atoms with Gasteiger partial charge in [0, 0.05) is 12.7 Å². The van der Waals surface area contributed by atoms with Gasteiger partial charge in [0.1, 0.15) is 16.9 Å².